The van der Waals surface area contributed by atoms with Crippen molar-refractivity contribution < 1.29 is 22.8 Å². The van der Waals surface area contributed by atoms with Crippen molar-refractivity contribution in [1.82, 2.24) is 5.32 Å². The molecule has 0 bridgehead atoms. The van der Waals surface area contributed by atoms with Crippen molar-refractivity contribution in [3.8, 4) is 0 Å². The second-order valence-corrected chi connectivity index (χ2v) is 5.47. The minimum absolute atomic E-state index is 0.0504. The van der Waals surface area contributed by atoms with Gasteiger partial charge in [-0.3, -0.25) is 9.59 Å². The molecule has 0 saturated carbocycles. The molecule has 0 aromatic heterocycles. The van der Waals surface area contributed by atoms with Gasteiger partial charge in [-0.1, -0.05) is 0 Å². The van der Waals surface area contributed by atoms with E-state index in [0.29, 0.717) is 13.0 Å². The summed E-state index contributed by atoms with van der Waals surface area (Å²) in [5.41, 5.74) is -0.795. The third kappa shape index (κ3) is 4.69. The lowest BCUT2D eigenvalue weighted by Gasteiger charge is -2.23. The molecule has 1 unspecified atom stereocenters. The number of benzene rings is 1. The molecular formula is C15H18F3N3O2. The number of carbonyl (C=O) groups excluding carboxylic acids is 2. The van der Waals surface area contributed by atoms with E-state index in [1.807, 2.05) is 0 Å². The molecular weight excluding hydrogens is 311 g/mol. The number of hydrogen-bond donors (Lipinski definition) is 3. The summed E-state index contributed by atoms with van der Waals surface area (Å²) >= 11 is 0. The first kappa shape index (κ1) is 17.3. The zero-order valence-corrected chi connectivity index (χ0v) is 12.6. The van der Waals surface area contributed by atoms with Crippen molar-refractivity contribution in [3.63, 3.8) is 0 Å². The highest BCUT2D eigenvalue weighted by Crippen LogP contribution is 2.34. The fraction of sp³-hybridized carbons (Fsp3) is 0.467. The Hall–Kier alpha value is -2.09. The first-order chi connectivity index (χ1) is 10.8. The van der Waals surface area contributed by atoms with Crippen LogP contribution in [0.25, 0.3) is 0 Å². The summed E-state index contributed by atoms with van der Waals surface area (Å²) in [7, 11) is 0. The van der Waals surface area contributed by atoms with Crippen LogP contribution < -0.4 is 16.0 Å². The Bertz CT molecular complexity index is 596. The summed E-state index contributed by atoms with van der Waals surface area (Å²) in [4.78, 5) is 23.4. The van der Waals surface area contributed by atoms with Crippen molar-refractivity contribution in [1.29, 1.82) is 0 Å². The Morgan fingerprint density at radius 3 is 2.52 bits per heavy atom. The van der Waals surface area contributed by atoms with Crippen molar-refractivity contribution >= 4 is 23.2 Å². The standard InChI is InChI=1S/C15H18F3N3O2/c1-9(22)20-12-5-4-11(15(16,17)18)7-13(12)21-14(23)10-3-2-6-19-8-10/h4-5,7,10,19H,2-3,6,8H2,1H3,(H,20,22)(H,21,23). The van der Waals surface area contributed by atoms with Crippen molar-refractivity contribution in [2.24, 2.45) is 5.92 Å². The molecule has 0 aliphatic carbocycles. The van der Waals surface area contributed by atoms with Gasteiger partial charge in [-0.15, -0.1) is 0 Å². The van der Waals surface area contributed by atoms with Crippen molar-refractivity contribution in [2.75, 3.05) is 23.7 Å². The van der Waals surface area contributed by atoms with Gasteiger partial charge in [-0.25, -0.2) is 0 Å². The van der Waals surface area contributed by atoms with E-state index in [-0.39, 0.29) is 23.2 Å². The normalized spacial score (nSPS) is 18.3. The molecule has 1 heterocycles. The van der Waals surface area contributed by atoms with Crippen LogP contribution in [0.4, 0.5) is 24.5 Å². The van der Waals surface area contributed by atoms with Crippen LogP contribution in [0.5, 0.6) is 0 Å². The molecule has 2 rings (SSSR count). The van der Waals surface area contributed by atoms with E-state index in [9.17, 15) is 22.8 Å². The van der Waals surface area contributed by atoms with E-state index >= 15 is 0 Å². The Labute approximate surface area is 131 Å². The highest BCUT2D eigenvalue weighted by molar-refractivity contribution is 5.99. The number of anilines is 2. The predicted octanol–water partition coefficient (Wildman–Crippen LogP) is 2.60. The number of carbonyl (C=O) groups is 2. The van der Waals surface area contributed by atoms with E-state index in [1.54, 1.807) is 0 Å². The van der Waals surface area contributed by atoms with Gasteiger partial charge in [0.15, 0.2) is 0 Å². The Morgan fingerprint density at radius 1 is 1.22 bits per heavy atom. The minimum atomic E-state index is -4.53. The smallest absolute Gasteiger partial charge is 0.325 e. The Balaban J connectivity index is 2.25. The molecule has 0 radical (unpaired) electrons. The van der Waals surface area contributed by atoms with Crippen LogP contribution in [0.15, 0.2) is 18.2 Å². The first-order valence-electron chi connectivity index (χ1n) is 7.28. The van der Waals surface area contributed by atoms with E-state index in [0.717, 1.165) is 31.2 Å². The second-order valence-electron chi connectivity index (χ2n) is 5.47. The maximum absolute atomic E-state index is 12.8. The van der Waals surface area contributed by atoms with Crippen LogP contribution in [-0.4, -0.2) is 24.9 Å². The van der Waals surface area contributed by atoms with Gasteiger partial charge < -0.3 is 16.0 Å². The number of amides is 2. The zero-order valence-electron chi connectivity index (χ0n) is 12.6. The van der Waals surface area contributed by atoms with Crippen LogP contribution >= 0.6 is 0 Å². The average molecular weight is 329 g/mol. The zero-order chi connectivity index (χ0) is 17.0. The van der Waals surface area contributed by atoms with Gasteiger partial charge in [0.1, 0.15) is 0 Å². The molecule has 1 saturated heterocycles. The molecule has 0 spiro atoms. The van der Waals surface area contributed by atoms with Gasteiger partial charge in [0, 0.05) is 13.5 Å². The molecule has 3 N–H and O–H groups in total. The summed E-state index contributed by atoms with van der Waals surface area (Å²) in [6, 6.07) is 2.83. The van der Waals surface area contributed by atoms with Gasteiger partial charge in [0.2, 0.25) is 11.8 Å². The van der Waals surface area contributed by atoms with E-state index in [2.05, 4.69) is 16.0 Å². The predicted molar refractivity (Wildman–Crippen MR) is 80.0 cm³/mol. The van der Waals surface area contributed by atoms with E-state index in [4.69, 9.17) is 0 Å². The fourth-order valence-corrected chi connectivity index (χ4v) is 2.43. The molecule has 5 nitrogen and oxygen atoms in total. The molecule has 1 aliphatic rings. The first-order valence-corrected chi connectivity index (χ1v) is 7.28. The summed E-state index contributed by atoms with van der Waals surface area (Å²) in [5, 5.41) is 8.00. The van der Waals surface area contributed by atoms with E-state index in [1.165, 1.54) is 6.92 Å². The van der Waals surface area contributed by atoms with Crippen molar-refractivity contribution in [2.45, 2.75) is 25.9 Å². The molecule has 1 atom stereocenters. The SMILES string of the molecule is CC(=O)Nc1ccc(C(F)(F)F)cc1NC(=O)C1CCCNC1. The number of rotatable bonds is 3. The van der Waals surface area contributed by atoms with Gasteiger partial charge in [0.05, 0.1) is 22.9 Å². The monoisotopic (exact) mass is 329 g/mol. The van der Waals surface area contributed by atoms with Gasteiger partial charge >= 0.3 is 6.18 Å². The maximum atomic E-state index is 12.8. The summed E-state index contributed by atoms with van der Waals surface area (Å²) < 4.78 is 38.5. The van der Waals surface area contributed by atoms with Crippen LogP contribution in [0, 0.1) is 5.92 Å². The Morgan fingerprint density at radius 2 is 1.96 bits per heavy atom. The summed E-state index contributed by atoms with van der Waals surface area (Å²) in [5.74, 6) is -1.09. The third-order valence-electron chi connectivity index (χ3n) is 3.58. The van der Waals surface area contributed by atoms with Gasteiger partial charge in [0.25, 0.3) is 0 Å². The summed E-state index contributed by atoms with van der Waals surface area (Å²) in [6.45, 7) is 2.55. The molecule has 23 heavy (non-hydrogen) atoms. The highest BCUT2D eigenvalue weighted by atomic mass is 19.4. The fourth-order valence-electron chi connectivity index (χ4n) is 2.43. The molecule has 1 fully saturated rings. The van der Waals surface area contributed by atoms with Crippen LogP contribution in [0.3, 0.4) is 0 Å². The number of hydrogen-bond acceptors (Lipinski definition) is 3. The van der Waals surface area contributed by atoms with Gasteiger partial charge in [-0.2, -0.15) is 13.2 Å². The highest BCUT2D eigenvalue weighted by Gasteiger charge is 2.31. The minimum Gasteiger partial charge on any atom is -0.325 e. The second kappa shape index (κ2) is 6.99. The number of halogens is 3. The van der Waals surface area contributed by atoms with Crippen LogP contribution in [-0.2, 0) is 15.8 Å². The summed E-state index contributed by atoms with van der Waals surface area (Å²) in [6.07, 6.45) is -3.02. The molecule has 8 heteroatoms. The van der Waals surface area contributed by atoms with E-state index < -0.39 is 17.6 Å². The molecule has 1 aromatic rings. The topological polar surface area (TPSA) is 70.2 Å². The lowest BCUT2D eigenvalue weighted by atomic mass is 9.98. The van der Waals surface area contributed by atoms with Crippen LogP contribution in [0.1, 0.15) is 25.3 Å². The molecule has 126 valence electrons. The molecule has 2 amide bonds. The average Bonchev–Trinajstić information content (AvgIpc) is 2.48. The number of alkyl halides is 3. The number of piperidine rings is 1. The Kier molecular flexibility index (Phi) is 5.25. The molecule has 1 aromatic carbocycles. The van der Waals surface area contributed by atoms with Crippen LogP contribution in [0.2, 0.25) is 0 Å². The van der Waals surface area contributed by atoms with Gasteiger partial charge in [-0.05, 0) is 37.6 Å². The lowest BCUT2D eigenvalue weighted by Crippen LogP contribution is -2.37. The lowest BCUT2D eigenvalue weighted by molar-refractivity contribution is -0.137. The quantitative estimate of drug-likeness (QED) is 0.798. The number of nitrogens with one attached hydrogen (secondary N) is 3. The van der Waals surface area contributed by atoms with Crippen molar-refractivity contribution in [3.05, 3.63) is 23.8 Å². The largest absolute Gasteiger partial charge is 0.416 e. The molecule has 1 aliphatic heterocycles. The maximum Gasteiger partial charge on any atom is 0.416 e. The third-order valence-corrected chi connectivity index (χ3v) is 3.58.